The van der Waals surface area contributed by atoms with E-state index in [1.165, 1.54) is 13.0 Å². The molecule has 0 atom stereocenters. The molecule has 0 fully saturated rings. The average Bonchev–Trinajstić information content (AvgIpc) is 2.50. The van der Waals surface area contributed by atoms with E-state index in [0.29, 0.717) is 0 Å². The molecule has 0 aromatic heterocycles. The smallest absolute Gasteiger partial charge is 0.456 e. The number of hydrogen-bond acceptors (Lipinski definition) is 2. The Balaban J connectivity index is 2.21. The van der Waals surface area contributed by atoms with Gasteiger partial charge in [-0.2, -0.15) is 26.3 Å². The van der Waals surface area contributed by atoms with E-state index in [9.17, 15) is 31.1 Å². The van der Waals surface area contributed by atoms with Gasteiger partial charge in [-0.1, -0.05) is 11.6 Å². The third-order valence-electron chi connectivity index (χ3n) is 3.19. The van der Waals surface area contributed by atoms with Crippen molar-refractivity contribution >= 4 is 23.2 Å². The predicted octanol–water partition coefficient (Wildman–Crippen LogP) is 5.96. The predicted molar refractivity (Wildman–Crippen MR) is 82.4 cm³/mol. The topological polar surface area (TPSA) is 38.3 Å². The van der Waals surface area contributed by atoms with Crippen molar-refractivity contribution in [3.05, 3.63) is 52.5 Å². The van der Waals surface area contributed by atoms with E-state index in [1.54, 1.807) is 5.32 Å². The van der Waals surface area contributed by atoms with E-state index < -0.39 is 23.8 Å². The van der Waals surface area contributed by atoms with Crippen LogP contribution in [0.3, 0.4) is 0 Å². The number of halogens is 7. The molecule has 26 heavy (non-hydrogen) atoms. The first-order chi connectivity index (χ1) is 11.9. The summed E-state index contributed by atoms with van der Waals surface area (Å²) in [6.07, 6.45) is -9.56. The minimum Gasteiger partial charge on any atom is -0.456 e. The fraction of sp³-hybridized carbons (Fsp3) is 0.188. The second kappa shape index (κ2) is 7.06. The summed E-state index contributed by atoms with van der Waals surface area (Å²) in [5.74, 6) is -2.10. The average molecular weight is 398 g/mol. The number of carbonyl (C=O) groups excluding carboxylic acids is 1. The van der Waals surface area contributed by atoms with E-state index in [1.807, 2.05) is 0 Å². The number of carbonyl (C=O) groups is 1. The van der Waals surface area contributed by atoms with Crippen LogP contribution in [0.4, 0.5) is 32.0 Å². The molecule has 140 valence electrons. The van der Waals surface area contributed by atoms with Crippen LogP contribution in [0, 0.1) is 6.92 Å². The van der Waals surface area contributed by atoms with Crippen LogP contribution in [0.15, 0.2) is 36.4 Å². The van der Waals surface area contributed by atoms with Crippen molar-refractivity contribution in [2.75, 3.05) is 5.32 Å². The van der Waals surface area contributed by atoms with Gasteiger partial charge in [-0.15, -0.1) is 0 Å². The van der Waals surface area contributed by atoms with Crippen LogP contribution in [-0.2, 0) is 11.0 Å². The summed E-state index contributed by atoms with van der Waals surface area (Å²) in [6.45, 7) is 1.40. The van der Waals surface area contributed by atoms with Crippen molar-refractivity contribution < 1.29 is 35.9 Å². The van der Waals surface area contributed by atoms with E-state index in [0.717, 1.165) is 30.3 Å². The first-order valence-corrected chi connectivity index (χ1v) is 7.29. The molecule has 2 aromatic rings. The van der Waals surface area contributed by atoms with Gasteiger partial charge >= 0.3 is 18.3 Å². The molecule has 0 bridgehead atoms. The summed E-state index contributed by atoms with van der Waals surface area (Å²) in [7, 11) is 0. The third-order valence-corrected chi connectivity index (χ3v) is 3.49. The minimum atomic E-state index is -5.06. The van der Waals surface area contributed by atoms with Gasteiger partial charge in [-0.3, -0.25) is 4.79 Å². The van der Waals surface area contributed by atoms with E-state index >= 15 is 0 Å². The molecule has 0 unspecified atom stereocenters. The molecule has 0 saturated heterocycles. The Kier molecular flexibility index (Phi) is 5.41. The number of aryl methyl sites for hydroxylation is 1. The normalized spacial score (nSPS) is 12.0. The van der Waals surface area contributed by atoms with Gasteiger partial charge in [0.1, 0.15) is 11.5 Å². The zero-order chi connectivity index (χ0) is 19.7. The van der Waals surface area contributed by atoms with Gasteiger partial charge in [0.15, 0.2) is 0 Å². The summed E-state index contributed by atoms with van der Waals surface area (Å²) < 4.78 is 79.8. The lowest BCUT2D eigenvalue weighted by Gasteiger charge is -2.14. The Bertz CT molecular complexity index is 815. The van der Waals surface area contributed by atoms with Crippen LogP contribution in [-0.4, -0.2) is 12.1 Å². The molecule has 0 spiro atoms. The number of amides is 1. The van der Waals surface area contributed by atoms with Crippen molar-refractivity contribution in [1.82, 2.24) is 0 Å². The Morgan fingerprint density at radius 2 is 1.62 bits per heavy atom. The number of hydrogen-bond donors (Lipinski definition) is 1. The molecule has 0 saturated carbocycles. The van der Waals surface area contributed by atoms with Crippen LogP contribution in [0.1, 0.15) is 11.1 Å². The van der Waals surface area contributed by atoms with E-state index in [4.69, 9.17) is 16.3 Å². The molecule has 0 radical (unpaired) electrons. The van der Waals surface area contributed by atoms with Gasteiger partial charge in [0.2, 0.25) is 0 Å². The maximum absolute atomic E-state index is 12.5. The molecule has 1 N–H and O–H groups in total. The van der Waals surface area contributed by atoms with Crippen LogP contribution in [0.2, 0.25) is 5.02 Å². The molecule has 1 amide bonds. The molecule has 2 rings (SSSR count). The van der Waals surface area contributed by atoms with Crippen LogP contribution in [0.5, 0.6) is 11.5 Å². The molecule has 10 heteroatoms. The fourth-order valence-corrected chi connectivity index (χ4v) is 2.10. The van der Waals surface area contributed by atoms with Crippen molar-refractivity contribution in [1.29, 1.82) is 0 Å². The highest BCUT2D eigenvalue weighted by atomic mass is 35.5. The van der Waals surface area contributed by atoms with Crippen molar-refractivity contribution in [3.8, 4) is 11.5 Å². The van der Waals surface area contributed by atoms with Crippen LogP contribution < -0.4 is 10.1 Å². The highest BCUT2D eigenvalue weighted by Crippen LogP contribution is 2.36. The standard InChI is InChI=1S/C16H10ClF6NO2/c1-8-6-13(11(17)7-12(8)24-14(25)16(21,22)23)26-10-4-2-9(3-5-10)15(18,19)20/h2-7H,1H3,(H,24,25). The first kappa shape index (κ1) is 19.9. The quantitative estimate of drug-likeness (QED) is 0.649. The van der Waals surface area contributed by atoms with Crippen LogP contribution >= 0.6 is 11.6 Å². The van der Waals surface area contributed by atoms with Gasteiger partial charge in [0.25, 0.3) is 0 Å². The number of alkyl halides is 6. The molecular weight excluding hydrogens is 388 g/mol. The molecule has 0 aliphatic rings. The lowest BCUT2D eigenvalue weighted by Crippen LogP contribution is -2.30. The van der Waals surface area contributed by atoms with Crippen molar-refractivity contribution in [2.24, 2.45) is 0 Å². The van der Waals surface area contributed by atoms with Gasteiger partial charge in [-0.25, -0.2) is 0 Å². The second-order valence-corrected chi connectivity index (χ2v) is 5.58. The Morgan fingerprint density at radius 1 is 1.04 bits per heavy atom. The highest BCUT2D eigenvalue weighted by Gasteiger charge is 2.39. The number of benzene rings is 2. The second-order valence-electron chi connectivity index (χ2n) is 5.17. The zero-order valence-corrected chi connectivity index (χ0v) is 13.7. The monoisotopic (exact) mass is 397 g/mol. The molecule has 0 aliphatic carbocycles. The Morgan fingerprint density at radius 3 is 2.12 bits per heavy atom. The first-order valence-electron chi connectivity index (χ1n) is 6.91. The van der Waals surface area contributed by atoms with Gasteiger partial charge in [0, 0.05) is 5.69 Å². The van der Waals surface area contributed by atoms with Gasteiger partial charge < -0.3 is 10.1 Å². The Labute approximate surface area is 148 Å². The van der Waals surface area contributed by atoms with Crippen molar-refractivity contribution in [2.45, 2.75) is 19.3 Å². The van der Waals surface area contributed by atoms with Gasteiger partial charge in [0.05, 0.1) is 10.6 Å². The minimum absolute atomic E-state index is 0.00827. The molecule has 3 nitrogen and oxygen atoms in total. The zero-order valence-electron chi connectivity index (χ0n) is 12.9. The maximum atomic E-state index is 12.5. The molecular formula is C16H10ClF6NO2. The lowest BCUT2D eigenvalue weighted by atomic mass is 10.2. The summed E-state index contributed by atoms with van der Waals surface area (Å²) in [5.41, 5.74) is -0.816. The Hall–Kier alpha value is -2.42. The molecule has 2 aromatic carbocycles. The summed E-state index contributed by atoms with van der Waals surface area (Å²) in [4.78, 5) is 11.0. The summed E-state index contributed by atoms with van der Waals surface area (Å²) in [6, 6.07) is 6.09. The number of rotatable bonds is 3. The highest BCUT2D eigenvalue weighted by molar-refractivity contribution is 6.32. The number of anilines is 1. The molecule has 0 aliphatic heterocycles. The lowest BCUT2D eigenvalue weighted by molar-refractivity contribution is -0.167. The largest absolute Gasteiger partial charge is 0.471 e. The summed E-state index contributed by atoms with van der Waals surface area (Å²) >= 11 is 5.92. The number of ether oxygens (including phenoxy) is 1. The van der Waals surface area contributed by atoms with E-state index in [-0.39, 0.29) is 27.8 Å². The molecule has 0 heterocycles. The summed E-state index contributed by atoms with van der Waals surface area (Å²) in [5, 5.41) is 1.55. The maximum Gasteiger partial charge on any atom is 0.471 e. The van der Waals surface area contributed by atoms with E-state index in [2.05, 4.69) is 0 Å². The SMILES string of the molecule is Cc1cc(Oc2ccc(C(F)(F)F)cc2)c(Cl)cc1NC(=O)C(F)(F)F. The fourth-order valence-electron chi connectivity index (χ4n) is 1.90. The van der Waals surface area contributed by atoms with Gasteiger partial charge in [-0.05, 0) is 48.9 Å². The number of nitrogens with one attached hydrogen (secondary N) is 1. The van der Waals surface area contributed by atoms with Crippen molar-refractivity contribution in [3.63, 3.8) is 0 Å². The van der Waals surface area contributed by atoms with Crippen LogP contribution in [0.25, 0.3) is 0 Å². The third kappa shape index (κ3) is 4.81.